The van der Waals surface area contributed by atoms with E-state index in [1.165, 1.54) is 5.56 Å². The van der Waals surface area contributed by atoms with Crippen LogP contribution in [0.5, 0.6) is 0 Å². The smallest absolute Gasteiger partial charge is 0.279 e. The SMILES string of the molecule is NCCc1ccc(CNC(=O)C2CSC(=O)N2)cc1. The molecule has 0 saturated carbocycles. The van der Waals surface area contributed by atoms with Gasteiger partial charge in [0.1, 0.15) is 6.04 Å². The van der Waals surface area contributed by atoms with Crippen molar-refractivity contribution in [3.05, 3.63) is 35.4 Å². The third-order valence-electron chi connectivity index (χ3n) is 2.91. The van der Waals surface area contributed by atoms with Crippen LogP contribution in [0.1, 0.15) is 11.1 Å². The summed E-state index contributed by atoms with van der Waals surface area (Å²) in [5.41, 5.74) is 7.71. The molecule has 5 nitrogen and oxygen atoms in total. The molecule has 0 radical (unpaired) electrons. The maximum atomic E-state index is 11.8. The van der Waals surface area contributed by atoms with Gasteiger partial charge in [-0.05, 0) is 24.1 Å². The number of hydrogen-bond acceptors (Lipinski definition) is 4. The molecule has 6 heteroatoms. The lowest BCUT2D eigenvalue weighted by atomic mass is 10.1. The molecule has 1 fully saturated rings. The number of nitrogens with one attached hydrogen (secondary N) is 2. The molecule has 2 rings (SSSR count). The third kappa shape index (κ3) is 3.97. The van der Waals surface area contributed by atoms with E-state index in [4.69, 9.17) is 5.73 Å². The van der Waals surface area contributed by atoms with Gasteiger partial charge in [0.25, 0.3) is 5.24 Å². The number of rotatable bonds is 5. The molecule has 19 heavy (non-hydrogen) atoms. The molecule has 0 aliphatic carbocycles. The zero-order valence-corrected chi connectivity index (χ0v) is 11.3. The van der Waals surface area contributed by atoms with Gasteiger partial charge in [0, 0.05) is 12.3 Å². The van der Waals surface area contributed by atoms with Gasteiger partial charge in [0.2, 0.25) is 5.91 Å². The monoisotopic (exact) mass is 279 g/mol. The fourth-order valence-corrected chi connectivity index (χ4v) is 2.61. The molecule has 1 aliphatic heterocycles. The Balaban J connectivity index is 1.81. The highest BCUT2D eigenvalue weighted by Gasteiger charge is 2.27. The highest BCUT2D eigenvalue weighted by atomic mass is 32.2. The second kappa shape index (κ2) is 6.58. The van der Waals surface area contributed by atoms with Crippen molar-refractivity contribution in [2.24, 2.45) is 5.73 Å². The van der Waals surface area contributed by atoms with Gasteiger partial charge < -0.3 is 16.4 Å². The molecule has 102 valence electrons. The van der Waals surface area contributed by atoms with Gasteiger partial charge in [0.15, 0.2) is 0 Å². The minimum atomic E-state index is -0.408. The minimum Gasteiger partial charge on any atom is -0.350 e. The molecule has 1 saturated heterocycles. The van der Waals surface area contributed by atoms with E-state index < -0.39 is 6.04 Å². The number of carbonyl (C=O) groups is 2. The summed E-state index contributed by atoms with van der Waals surface area (Å²) in [6.45, 7) is 1.11. The van der Waals surface area contributed by atoms with Gasteiger partial charge in [-0.1, -0.05) is 36.0 Å². The predicted octanol–water partition coefficient (Wildman–Crippen LogP) is 0.629. The normalized spacial score (nSPS) is 18.2. The topological polar surface area (TPSA) is 84.2 Å². The molecule has 1 aromatic rings. The molecule has 1 aromatic carbocycles. The second-order valence-electron chi connectivity index (χ2n) is 4.37. The van der Waals surface area contributed by atoms with Gasteiger partial charge in [-0.3, -0.25) is 9.59 Å². The van der Waals surface area contributed by atoms with Crippen molar-refractivity contribution in [1.82, 2.24) is 10.6 Å². The Morgan fingerprint density at radius 1 is 1.37 bits per heavy atom. The van der Waals surface area contributed by atoms with E-state index in [1.807, 2.05) is 24.3 Å². The maximum Gasteiger partial charge on any atom is 0.279 e. The summed E-state index contributed by atoms with van der Waals surface area (Å²) in [6.07, 6.45) is 0.859. The van der Waals surface area contributed by atoms with E-state index in [-0.39, 0.29) is 11.1 Å². The summed E-state index contributed by atoms with van der Waals surface area (Å²) in [5.74, 6) is 0.365. The van der Waals surface area contributed by atoms with Crippen LogP contribution in [0, 0.1) is 0 Å². The molecule has 1 atom stereocenters. The molecule has 1 aliphatic rings. The third-order valence-corrected chi connectivity index (χ3v) is 3.79. The lowest BCUT2D eigenvalue weighted by Crippen LogP contribution is -2.42. The number of hydrogen-bond donors (Lipinski definition) is 3. The Labute approximate surface area is 116 Å². The molecule has 1 unspecified atom stereocenters. The Bertz CT molecular complexity index is 461. The van der Waals surface area contributed by atoms with Crippen LogP contribution in [0.3, 0.4) is 0 Å². The molecular weight excluding hydrogens is 262 g/mol. The van der Waals surface area contributed by atoms with Gasteiger partial charge >= 0.3 is 0 Å². The van der Waals surface area contributed by atoms with E-state index in [0.29, 0.717) is 18.8 Å². The van der Waals surface area contributed by atoms with E-state index in [2.05, 4.69) is 10.6 Å². The van der Waals surface area contributed by atoms with Crippen LogP contribution in [-0.4, -0.2) is 29.5 Å². The van der Waals surface area contributed by atoms with Gasteiger partial charge in [-0.25, -0.2) is 0 Å². The first-order valence-corrected chi connectivity index (χ1v) is 7.16. The number of thioether (sulfide) groups is 1. The summed E-state index contributed by atoms with van der Waals surface area (Å²) >= 11 is 1.14. The average Bonchev–Trinajstić information content (AvgIpc) is 2.85. The summed E-state index contributed by atoms with van der Waals surface area (Å²) in [7, 11) is 0. The highest BCUT2D eigenvalue weighted by Crippen LogP contribution is 2.13. The fourth-order valence-electron chi connectivity index (χ4n) is 1.83. The Kier molecular flexibility index (Phi) is 4.81. The highest BCUT2D eigenvalue weighted by molar-refractivity contribution is 8.14. The van der Waals surface area contributed by atoms with Crippen molar-refractivity contribution >= 4 is 22.9 Å². The van der Waals surface area contributed by atoms with E-state index in [1.54, 1.807) is 0 Å². The largest absolute Gasteiger partial charge is 0.350 e. The van der Waals surface area contributed by atoms with Crippen molar-refractivity contribution in [3.63, 3.8) is 0 Å². The summed E-state index contributed by atoms with van der Waals surface area (Å²) in [6, 6.07) is 7.58. The zero-order valence-electron chi connectivity index (χ0n) is 10.5. The Hall–Kier alpha value is -1.53. The standard InChI is InChI=1S/C13H17N3O2S/c14-6-5-9-1-3-10(4-2-9)7-15-12(17)11-8-19-13(18)16-11/h1-4,11H,5-8,14H2,(H,15,17)(H,16,18). The van der Waals surface area contributed by atoms with Gasteiger partial charge in [-0.15, -0.1) is 0 Å². The first-order chi connectivity index (χ1) is 9.19. The Morgan fingerprint density at radius 2 is 2.05 bits per heavy atom. The predicted molar refractivity (Wildman–Crippen MR) is 75.8 cm³/mol. The van der Waals surface area contributed by atoms with Crippen molar-refractivity contribution in [2.75, 3.05) is 12.3 Å². The quantitative estimate of drug-likeness (QED) is 0.738. The van der Waals surface area contributed by atoms with E-state index >= 15 is 0 Å². The van der Waals surface area contributed by atoms with Crippen LogP contribution in [-0.2, 0) is 17.8 Å². The van der Waals surface area contributed by atoms with Crippen molar-refractivity contribution in [3.8, 4) is 0 Å². The number of nitrogens with two attached hydrogens (primary N) is 1. The van der Waals surface area contributed by atoms with Crippen molar-refractivity contribution in [1.29, 1.82) is 0 Å². The van der Waals surface area contributed by atoms with Crippen molar-refractivity contribution in [2.45, 2.75) is 19.0 Å². The molecule has 0 bridgehead atoms. The van der Waals surface area contributed by atoms with E-state index in [0.717, 1.165) is 23.7 Å². The summed E-state index contributed by atoms with van der Waals surface area (Å²) in [5, 5.41) is 5.30. The first-order valence-electron chi connectivity index (χ1n) is 6.18. The molecule has 4 N–H and O–H groups in total. The summed E-state index contributed by atoms with van der Waals surface area (Å²) < 4.78 is 0. The van der Waals surface area contributed by atoms with Crippen molar-refractivity contribution < 1.29 is 9.59 Å². The molecule has 0 spiro atoms. The van der Waals surface area contributed by atoms with Gasteiger partial charge in [-0.2, -0.15) is 0 Å². The fraction of sp³-hybridized carbons (Fsp3) is 0.385. The lowest BCUT2D eigenvalue weighted by molar-refractivity contribution is -0.122. The molecule has 0 aromatic heterocycles. The lowest BCUT2D eigenvalue weighted by Gasteiger charge is -2.10. The zero-order chi connectivity index (χ0) is 13.7. The van der Waals surface area contributed by atoms with Crippen LogP contribution in [0.4, 0.5) is 4.79 Å². The maximum absolute atomic E-state index is 11.8. The summed E-state index contributed by atoms with van der Waals surface area (Å²) in [4.78, 5) is 22.8. The minimum absolute atomic E-state index is 0.133. The van der Waals surface area contributed by atoms with Crippen LogP contribution in [0.15, 0.2) is 24.3 Å². The van der Waals surface area contributed by atoms with Crippen LogP contribution < -0.4 is 16.4 Å². The second-order valence-corrected chi connectivity index (χ2v) is 5.36. The first kappa shape index (κ1) is 13.9. The number of amides is 2. The number of benzene rings is 1. The molecular formula is C13H17N3O2S. The van der Waals surface area contributed by atoms with Gasteiger partial charge in [0.05, 0.1) is 0 Å². The van der Waals surface area contributed by atoms with Crippen LogP contribution >= 0.6 is 11.8 Å². The number of carbonyl (C=O) groups excluding carboxylic acids is 2. The van der Waals surface area contributed by atoms with Crippen LogP contribution in [0.2, 0.25) is 0 Å². The molecule has 1 heterocycles. The Morgan fingerprint density at radius 3 is 2.63 bits per heavy atom. The molecule has 2 amide bonds. The van der Waals surface area contributed by atoms with Crippen LogP contribution in [0.25, 0.3) is 0 Å². The van der Waals surface area contributed by atoms with E-state index in [9.17, 15) is 9.59 Å². The average molecular weight is 279 g/mol.